The maximum atomic E-state index is 12.1. The number of esters is 1. The number of hydrogen-bond donors (Lipinski definition) is 0. The lowest BCUT2D eigenvalue weighted by Crippen LogP contribution is -2.05. The highest BCUT2D eigenvalue weighted by Crippen LogP contribution is 2.26. The molecule has 0 saturated heterocycles. The topological polar surface area (TPSA) is 51.8 Å². The Labute approximate surface area is 162 Å². The average molecular weight is 429 g/mol. The second-order valence-corrected chi connectivity index (χ2v) is 6.91. The van der Waals surface area contributed by atoms with Crippen molar-refractivity contribution in [2.24, 2.45) is 4.99 Å². The lowest BCUT2D eigenvalue weighted by Gasteiger charge is -1.99. The van der Waals surface area contributed by atoms with Crippen LogP contribution in [-0.2, 0) is 9.53 Å². The summed E-state index contributed by atoms with van der Waals surface area (Å²) in [4.78, 5) is 16.4. The van der Waals surface area contributed by atoms with E-state index >= 15 is 0 Å². The van der Waals surface area contributed by atoms with Gasteiger partial charge in [-0.3, -0.25) is 0 Å². The molecule has 0 bridgehead atoms. The van der Waals surface area contributed by atoms with Gasteiger partial charge in [0.2, 0.25) is 5.90 Å². The van der Waals surface area contributed by atoms with Gasteiger partial charge in [-0.25, -0.2) is 9.79 Å². The molecule has 0 radical (unpaired) electrons. The van der Waals surface area contributed by atoms with Gasteiger partial charge in [0.1, 0.15) is 11.5 Å². The van der Waals surface area contributed by atoms with Crippen LogP contribution in [0.4, 0.5) is 0 Å². The molecule has 26 heavy (non-hydrogen) atoms. The number of carbonyl (C=O) groups is 1. The molecule has 0 atom stereocenters. The van der Waals surface area contributed by atoms with Crippen LogP contribution in [0.25, 0.3) is 17.4 Å². The Balaban J connectivity index is 1.62. The van der Waals surface area contributed by atoms with E-state index in [1.807, 2.05) is 42.5 Å². The molecule has 0 unspecified atom stereocenters. The first-order valence-electron chi connectivity index (χ1n) is 7.73. The van der Waals surface area contributed by atoms with Crippen molar-refractivity contribution in [1.82, 2.24) is 0 Å². The standard InChI is InChI=1S/C20H11BrClNO3/c21-14-3-1-2-13(10-14)19-23-17(20(24)26-19)11-16-8-9-18(25-16)12-4-6-15(22)7-5-12/h1-11H/b17-11-. The predicted octanol–water partition coefficient (Wildman–Crippen LogP) is 5.71. The zero-order chi connectivity index (χ0) is 18.1. The van der Waals surface area contributed by atoms with Gasteiger partial charge in [-0.2, -0.15) is 0 Å². The number of hydrogen-bond acceptors (Lipinski definition) is 4. The number of aliphatic imine (C=N–C) groups is 1. The van der Waals surface area contributed by atoms with Gasteiger partial charge in [0, 0.05) is 26.7 Å². The summed E-state index contributed by atoms with van der Waals surface area (Å²) in [7, 11) is 0. The van der Waals surface area contributed by atoms with Crippen molar-refractivity contribution in [3.63, 3.8) is 0 Å². The molecule has 4 rings (SSSR count). The van der Waals surface area contributed by atoms with E-state index in [9.17, 15) is 4.79 Å². The van der Waals surface area contributed by atoms with Gasteiger partial charge in [-0.15, -0.1) is 0 Å². The Kier molecular flexibility index (Phi) is 4.49. The van der Waals surface area contributed by atoms with E-state index in [0.717, 1.165) is 15.6 Å². The summed E-state index contributed by atoms with van der Waals surface area (Å²) < 4.78 is 11.9. The molecule has 1 aliphatic rings. The molecule has 6 heteroatoms. The molecule has 0 saturated carbocycles. The number of nitrogens with zero attached hydrogens (tertiary/aromatic N) is 1. The lowest BCUT2D eigenvalue weighted by atomic mass is 10.2. The molecule has 0 N–H and O–H groups in total. The van der Waals surface area contributed by atoms with Crippen LogP contribution in [-0.4, -0.2) is 11.9 Å². The summed E-state index contributed by atoms with van der Waals surface area (Å²) in [5, 5.41) is 0.658. The van der Waals surface area contributed by atoms with Crippen LogP contribution in [0.3, 0.4) is 0 Å². The summed E-state index contributed by atoms with van der Waals surface area (Å²) in [6.07, 6.45) is 1.56. The van der Waals surface area contributed by atoms with Crippen molar-refractivity contribution in [3.05, 3.63) is 87.2 Å². The maximum Gasteiger partial charge on any atom is 0.363 e. The van der Waals surface area contributed by atoms with Crippen LogP contribution in [0, 0.1) is 0 Å². The minimum absolute atomic E-state index is 0.192. The Bertz CT molecular complexity index is 1050. The first-order valence-corrected chi connectivity index (χ1v) is 8.90. The van der Waals surface area contributed by atoms with E-state index in [1.54, 1.807) is 24.3 Å². The molecule has 0 spiro atoms. The highest BCUT2D eigenvalue weighted by atomic mass is 79.9. The highest BCUT2D eigenvalue weighted by Gasteiger charge is 2.24. The van der Waals surface area contributed by atoms with E-state index in [1.165, 1.54) is 0 Å². The van der Waals surface area contributed by atoms with Gasteiger partial charge in [-0.05, 0) is 54.6 Å². The molecule has 2 heterocycles. The molecule has 128 valence electrons. The lowest BCUT2D eigenvalue weighted by molar-refractivity contribution is -0.129. The van der Waals surface area contributed by atoms with Gasteiger partial charge in [-0.1, -0.05) is 33.6 Å². The van der Waals surface area contributed by atoms with E-state index in [0.29, 0.717) is 16.5 Å². The van der Waals surface area contributed by atoms with Crippen molar-refractivity contribution in [2.45, 2.75) is 0 Å². The van der Waals surface area contributed by atoms with Crippen molar-refractivity contribution >= 4 is 45.5 Å². The second-order valence-electron chi connectivity index (χ2n) is 5.56. The summed E-state index contributed by atoms with van der Waals surface area (Å²) in [6, 6.07) is 18.3. The monoisotopic (exact) mass is 427 g/mol. The zero-order valence-electron chi connectivity index (χ0n) is 13.3. The summed E-state index contributed by atoms with van der Waals surface area (Å²) in [6.45, 7) is 0. The Morgan fingerprint density at radius 2 is 1.81 bits per heavy atom. The van der Waals surface area contributed by atoms with Crippen LogP contribution in [0.5, 0.6) is 0 Å². The Morgan fingerprint density at radius 1 is 1.00 bits per heavy atom. The van der Waals surface area contributed by atoms with Crippen molar-refractivity contribution in [3.8, 4) is 11.3 Å². The number of rotatable bonds is 3. The number of furan rings is 1. The second kappa shape index (κ2) is 6.94. The van der Waals surface area contributed by atoms with E-state index < -0.39 is 5.97 Å². The molecule has 1 aromatic heterocycles. The third-order valence-electron chi connectivity index (χ3n) is 3.73. The molecule has 0 aliphatic carbocycles. The predicted molar refractivity (Wildman–Crippen MR) is 104 cm³/mol. The molecule has 0 amide bonds. The van der Waals surface area contributed by atoms with Gasteiger partial charge >= 0.3 is 5.97 Å². The first kappa shape index (κ1) is 16.8. The van der Waals surface area contributed by atoms with Crippen LogP contribution in [0.2, 0.25) is 5.02 Å². The van der Waals surface area contributed by atoms with Gasteiger partial charge in [0.15, 0.2) is 5.70 Å². The van der Waals surface area contributed by atoms with Gasteiger partial charge in [0.05, 0.1) is 0 Å². The number of carbonyl (C=O) groups excluding carboxylic acids is 1. The fourth-order valence-corrected chi connectivity index (χ4v) is 3.01. The first-order chi connectivity index (χ1) is 12.6. The molecular formula is C20H11BrClNO3. The fourth-order valence-electron chi connectivity index (χ4n) is 2.49. The van der Waals surface area contributed by atoms with Crippen LogP contribution >= 0.6 is 27.5 Å². The largest absolute Gasteiger partial charge is 0.457 e. The molecule has 0 fully saturated rings. The van der Waals surface area contributed by atoms with Crippen molar-refractivity contribution in [1.29, 1.82) is 0 Å². The van der Waals surface area contributed by atoms with E-state index in [2.05, 4.69) is 20.9 Å². The van der Waals surface area contributed by atoms with E-state index in [-0.39, 0.29) is 11.6 Å². The quantitative estimate of drug-likeness (QED) is 0.397. The highest BCUT2D eigenvalue weighted by molar-refractivity contribution is 9.10. The van der Waals surface area contributed by atoms with Crippen LogP contribution < -0.4 is 0 Å². The molecule has 3 aromatic rings. The third-order valence-corrected chi connectivity index (χ3v) is 4.47. The molecule has 1 aliphatic heterocycles. The summed E-state index contributed by atoms with van der Waals surface area (Å²) in [5.74, 6) is 0.952. The number of cyclic esters (lactones) is 1. The van der Waals surface area contributed by atoms with Crippen LogP contribution in [0.1, 0.15) is 11.3 Å². The molecule has 2 aromatic carbocycles. The third kappa shape index (κ3) is 3.49. The average Bonchev–Trinajstić information content (AvgIpc) is 3.23. The van der Waals surface area contributed by atoms with Gasteiger partial charge < -0.3 is 9.15 Å². The normalized spacial score (nSPS) is 15.2. The smallest absolute Gasteiger partial charge is 0.363 e. The maximum absolute atomic E-state index is 12.1. The number of benzene rings is 2. The minimum atomic E-state index is -0.510. The SMILES string of the molecule is O=C1OC(c2cccc(Br)c2)=N/C1=C\c1ccc(-c2ccc(Cl)cc2)o1. The molecular weight excluding hydrogens is 418 g/mol. The number of halogens is 2. The van der Waals surface area contributed by atoms with Crippen LogP contribution in [0.15, 0.2) is 80.2 Å². The Hall–Kier alpha value is -2.63. The summed E-state index contributed by atoms with van der Waals surface area (Å²) >= 11 is 9.29. The fraction of sp³-hybridized carbons (Fsp3) is 0. The number of ether oxygens (including phenoxy) is 1. The Morgan fingerprint density at radius 3 is 2.58 bits per heavy atom. The van der Waals surface area contributed by atoms with Crippen molar-refractivity contribution < 1.29 is 13.9 Å². The summed E-state index contributed by atoms with van der Waals surface area (Å²) in [5.41, 5.74) is 1.81. The van der Waals surface area contributed by atoms with Crippen molar-refractivity contribution in [2.75, 3.05) is 0 Å². The zero-order valence-corrected chi connectivity index (χ0v) is 15.6. The minimum Gasteiger partial charge on any atom is -0.457 e. The van der Waals surface area contributed by atoms with E-state index in [4.69, 9.17) is 20.8 Å². The molecule has 4 nitrogen and oxygen atoms in total. The van der Waals surface area contributed by atoms with Gasteiger partial charge in [0.25, 0.3) is 0 Å².